The van der Waals surface area contributed by atoms with Crippen LogP contribution in [0.1, 0.15) is 112 Å². The summed E-state index contributed by atoms with van der Waals surface area (Å²) < 4.78 is 33.5. The van der Waals surface area contributed by atoms with Crippen molar-refractivity contribution in [1.82, 2.24) is 30.4 Å². The van der Waals surface area contributed by atoms with E-state index in [0.29, 0.717) is 80.5 Å². The van der Waals surface area contributed by atoms with Gasteiger partial charge in [0, 0.05) is 10.8 Å². The van der Waals surface area contributed by atoms with Crippen molar-refractivity contribution in [3.05, 3.63) is 69.8 Å². The van der Waals surface area contributed by atoms with Gasteiger partial charge in [0.2, 0.25) is 0 Å². The third kappa shape index (κ3) is 9.18. The molecule has 2 N–H and O–H groups in total. The monoisotopic (exact) mass is 846 g/mol. The number of hydrogen-bond acceptors (Lipinski definition) is 15. The minimum absolute atomic E-state index is 0.00987. The molecule has 6 heterocycles. The fourth-order valence-corrected chi connectivity index (χ4v) is 8.12. The van der Waals surface area contributed by atoms with E-state index >= 15 is 0 Å². The number of aromatic nitrogens is 6. The molecule has 0 amide bonds. The fraction of sp³-hybridized carbons (Fsp3) is 0.532. The van der Waals surface area contributed by atoms with Crippen LogP contribution >= 0.6 is 0 Å². The molecule has 328 valence electrons. The molecule has 10 rings (SSSR count). The maximum atomic E-state index is 9.78. The molecule has 0 radical (unpaired) electrons. The van der Waals surface area contributed by atoms with Crippen molar-refractivity contribution in [2.75, 3.05) is 56.5 Å². The van der Waals surface area contributed by atoms with Gasteiger partial charge in [-0.05, 0) is 120 Å². The lowest BCUT2D eigenvalue weighted by atomic mass is 9.83. The van der Waals surface area contributed by atoms with Crippen molar-refractivity contribution in [1.29, 1.82) is 0 Å². The molecule has 2 aliphatic carbocycles. The number of fused-ring (bicyclic) bond motifs is 2. The Balaban J connectivity index is 0.000000158. The van der Waals surface area contributed by atoms with Crippen LogP contribution in [0.2, 0.25) is 0 Å². The Kier molecular flexibility index (Phi) is 11.5. The Bertz CT molecular complexity index is 2560. The first-order chi connectivity index (χ1) is 29.7. The summed E-state index contributed by atoms with van der Waals surface area (Å²) in [6, 6.07) is 13.9. The Labute approximate surface area is 361 Å². The molecule has 62 heavy (non-hydrogen) atoms. The molecule has 6 aromatic rings. The van der Waals surface area contributed by atoms with Gasteiger partial charge >= 0.3 is 12.0 Å². The highest BCUT2D eigenvalue weighted by atomic mass is 16.7. The minimum Gasteiger partial charge on any atom is -0.402 e. The van der Waals surface area contributed by atoms with Crippen molar-refractivity contribution in [3.8, 4) is 23.2 Å². The van der Waals surface area contributed by atoms with E-state index in [1.165, 1.54) is 69.2 Å². The van der Waals surface area contributed by atoms with Crippen molar-refractivity contribution < 1.29 is 32.9 Å². The van der Waals surface area contributed by atoms with Gasteiger partial charge in [0.05, 0.1) is 50.6 Å². The van der Waals surface area contributed by atoms with Gasteiger partial charge in [0.25, 0.3) is 11.8 Å². The third-order valence-electron chi connectivity index (χ3n) is 11.9. The van der Waals surface area contributed by atoms with Crippen molar-refractivity contribution in [2.45, 2.75) is 116 Å². The average molecular weight is 847 g/mol. The Morgan fingerprint density at radius 2 is 1.11 bits per heavy atom. The average Bonchev–Trinajstić information content (AvgIpc) is 3.95. The van der Waals surface area contributed by atoms with E-state index in [1.54, 1.807) is 0 Å². The molecule has 4 fully saturated rings. The zero-order valence-electron chi connectivity index (χ0n) is 37.1. The van der Waals surface area contributed by atoms with Crippen molar-refractivity contribution >= 4 is 33.8 Å². The molecule has 0 atom stereocenters. The largest absolute Gasteiger partial charge is 0.402 e. The topological polar surface area (TPSA) is 176 Å². The number of nitrogens with one attached hydrogen (secondary N) is 1. The number of ether oxygens (including phenoxy) is 4. The maximum Gasteiger partial charge on any atom is 0.320 e. The van der Waals surface area contributed by atoms with Gasteiger partial charge in [0.1, 0.15) is 18.1 Å². The number of aryl methyl sites for hydroxylation is 2. The van der Waals surface area contributed by atoms with Crippen LogP contribution in [0.3, 0.4) is 0 Å². The van der Waals surface area contributed by atoms with Crippen LogP contribution in [0.4, 0.5) is 12.0 Å². The standard InChI is InChI=1S/C24H30N4O4.C23H28N4O3/c1-14-9-19(22-26-27-23(32-22)28(13-29)12-20-30-7-8-31-20)25-21-17(14)10-16(15-5-6-15)11-18(21)24(2,3)4;1-13-9-18(21-26-27-22(30-21)24-12-19-28-7-8-29-19)25-20-16(13)10-15(14-5-6-14)11-17(20)23(2,3)4/h9-11,15,20,29H,5-8,12-13H2,1-4H3;9-11,14,19H,5-8,12H2,1-4H3,(H,24,27). The first-order valence-electron chi connectivity index (χ1n) is 21.9. The third-order valence-corrected chi connectivity index (χ3v) is 11.9. The quantitative estimate of drug-likeness (QED) is 0.119. The summed E-state index contributed by atoms with van der Waals surface area (Å²) in [7, 11) is 0. The number of rotatable bonds is 11. The van der Waals surface area contributed by atoms with E-state index in [2.05, 4.69) is 105 Å². The zero-order valence-corrected chi connectivity index (χ0v) is 37.1. The van der Waals surface area contributed by atoms with Crippen LogP contribution < -0.4 is 10.2 Å². The molecule has 15 nitrogen and oxygen atoms in total. The van der Waals surface area contributed by atoms with Gasteiger partial charge in [-0.3, -0.25) is 4.90 Å². The molecule has 2 aliphatic heterocycles. The summed E-state index contributed by atoms with van der Waals surface area (Å²) in [5.41, 5.74) is 10.9. The molecule has 2 saturated carbocycles. The highest BCUT2D eigenvalue weighted by Crippen LogP contribution is 2.45. The summed E-state index contributed by atoms with van der Waals surface area (Å²) in [4.78, 5) is 11.5. The van der Waals surface area contributed by atoms with E-state index in [9.17, 15) is 5.11 Å². The summed E-state index contributed by atoms with van der Waals surface area (Å²) in [5, 5.41) is 31.9. The van der Waals surface area contributed by atoms with E-state index in [-0.39, 0.29) is 29.9 Å². The number of benzene rings is 2. The van der Waals surface area contributed by atoms with Gasteiger partial charge in [-0.1, -0.05) is 63.9 Å². The highest BCUT2D eigenvalue weighted by molar-refractivity contribution is 5.90. The number of nitrogens with zero attached hydrogens (tertiary/aromatic N) is 7. The van der Waals surface area contributed by atoms with E-state index in [4.69, 9.17) is 37.7 Å². The Hall–Kier alpha value is -5.06. The summed E-state index contributed by atoms with van der Waals surface area (Å²) >= 11 is 0. The first-order valence-corrected chi connectivity index (χ1v) is 21.9. The van der Waals surface area contributed by atoms with Gasteiger partial charge in [-0.15, -0.1) is 10.2 Å². The summed E-state index contributed by atoms with van der Waals surface area (Å²) in [5.74, 6) is 2.10. The predicted molar refractivity (Wildman–Crippen MR) is 235 cm³/mol. The molecule has 0 spiro atoms. The van der Waals surface area contributed by atoms with Crippen LogP contribution in [0.25, 0.3) is 45.0 Å². The molecule has 4 aliphatic rings. The fourth-order valence-electron chi connectivity index (χ4n) is 8.12. The van der Waals surface area contributed by atoms with E-state index in [0.717, 1.165) is 16.6 Å². The van der Waals surface area contributed by atoms with Gasteiger partial charge in [0.15, 0.2) is 12.6 Å². The second-order valence-corrected chi connectivity index (χ2v) is 19.0. The number of pyridine rings is 2. The smallest absolute Gasteiger partial charge is 0.320 e. The lowest BCUT2D eigenvalue weighted by Gasteiger charge is -2.23. The SMILES string of the molecule is Cc1cc(-c2nnc(N(CO)CC3OCCO3)o2)nc2c(C(C)(C)C)cc(C3CC3)cc12.Cc1cc(-c2nnc(NCC3OCCO3)o2)nc2c(C(C)(C)C)cc(C3CC3)cc12. The number of anilines is 2. The van der Waals surface area contributed by atoms with E-state index < -0.39 is 6.29 Å². The van der Waals surface area contributed by atoms with Gasteiger partial charge < -0.3 is 38.2 Å². The van der Waals surface area contributed by atoms with Crippen LogP contribution in [0.5, 0.6) is 0 Å². The second kappa shape index (κ2) is 16.9. The highest BCUT2D eigenvalue weighted by Gasteiger charge is 2.30. The molecule has 0 unspecified atom stereocenters. The zero-order chi connectivity index (χ0) is 43.3. The van der Waals surface area contributed by atoms with Crippen molar-refractivity contribution in [3.63, 3.8) is 0 Å². The van der Waals surface area contributed by atoms with Crippen LogP contribution in [-0.4, -0.2) is 94.3 Å². The number of aliphatic hydroxyl groups is 1. The molecule has 2 aromatic carbocycles. The molecule has 4 aromatic heterocycles. The normalized spacial score (nSPS) is 17.6. The molecular weight excluding hydrogens is 789 g/mol. The van der Waals surface area contributed by atoms with E-state index in [1.807, 2.05) is 12.1 Å². The second-order valence-electron chi connectivity index (χ2n) is 19.0. The summed E-state index contributed by atoms with van der Waals surface area (Å²) in [6.45, 7) is 20.4. The van der Waals surface area contributed by atoms with Crippen LogP contribution in [-0.2, 0) is 29.8 Å². The number of aliphatic hydroxyl groups excluding tert-OH is 1. The van der Waals surface area contributed by atoms with Gasteiger partial charge in [-0.2, -0.15) is 0 Å². The molecule has 15 heteroatoms. The first kappa shape index (κ1) is 42.3. The molecule has 2 saturated heterocycles. The predicted octanol–water partition coefficient (Wildman–Crippen LogP) is 8.45. The molecular formula is C47H58N8O7. The van der Waals surface area contributed by atoms with Gasteiger partial charge in [-0.25, -0.2) is 9.97 Å². The maximum absolute atomic E-state index is 9.78. The lowest BCUT2D eigenvalue weighted by molar-refractivity contribution is -0.0369. The van der Waals surface area contributed by atoms with Crippen molar-refractivity contribution in [2.24, 2.45) is 0 Å². The lowest BCUT2D eigenvalue weighted by Crippen LogP contribution is -2.34. The van der Waals surface area contributed by atoms with Crippen LogP contribution in [0, 0.1) is 13.8 Å². The van der Waals surface area contributed by atoms with Crippen LogP contribution in [0.15, 0.2) is 45.2 Å². The summed E-state index contributed by atoms with van der Waals surface area (Å²) in [6.07, 6.45) is 4.40. The Morgan fingerprint density at radius 3 is 1.60 bits per heavy atom. The number of hydrogen-bond donors (Lipinski definition) is 2. The minimum atomic E-state index is -0.423. The molecule has 0 bridgehead atoms. The Morgan fingerprint density at radius 1 is 0.629 bits per heavy atom.